The molecule has 1 atom stereocenters. The minimum Gasteiger partial charge on any atom is -0.345 e. The summed E-state index contributed by atoms with van der Waals surface area (Å²) in [6.45, 7) is -1.38. The van der Waals surface area contributed by atoms with Gasteiger partial charge in [0, 0.05) is 10.6 Å². The van der Waals surface area contributed by atoms with Gasteiger partial charge in [-0.2, -0.15) is 0 Å². The van der Waals surface area contributed by atoms with Gasteiger partial charge in [0.25, 0.3) is 5.91 Å². The van der Waals surface area contributed by atoms with Crippen molar-refractivity contribution in [2.24, 2.45) is 0 Å². The predicted molar refractivity (Wildman–Crippen MR) is 111 cm³/mol. The molecule has 0 bridgehead atoms. The molecule has 1 aliphatic carbocycles. The van der Waals surface area contributed by atoms with E-state index in [9.17, 15) is 26.4 Å². The van der Waals surface area contributed by atoms with Gasteiger partial charge in [-0.05, 0) is 60.4 Å². The number of alkyl halides is 3. The number of ether oxygens (including phenoxy) is 1. The number of rotatable bonds is 7. The van der Waals surface area contributed by atoms with Gasteiger partial charge in [-0.3, -0.25) is 13.8 Å². The first-order valence-electron chi connectivity index (χ1n) is 9.32. The van der Waals surface area contributed by atoms with Gasteiger partial charge in [0.1, 0.15) is 0 Å². The van der Waals surface area contributed by atoms with E-state index in [1.165, 1.54) is 24.3 Å². The molecule has 1 aliphatic rings. The Kier molecular flexibility index (Phi) is 6.82. The van der Waals surface area contributed by atoms with Gasteiger partial charge in [0.05, 0.1) is 31.1 Å². The van der Waals surface area contributed by atoms with Crippen molar-refractivity contribution in [1.82, 2.24) is 5.32 Å². The third-order valence-corrected chi connectivity index (χ3v) is 6.30. The average molecular weight is 477 g/mol. The smallest absolute Gasteiger partial charge is 0.345 e. The lowest BCUT2D eigenvalue weighted by Crippen LogP contribution is -2.34. The highest BCUT2D eigenvalue weighted by Crippen LogP contribution is 2.33. The van der Waals surface area contributed by atoms with Crippen LogP contribution in [0.1, 0.15) is 33.9 Å². The van der Waals surface area contributed by atoms with Gasteiger partial charge in [0.2, 0.25) is 10.0 Å². The molecule has 2 aromatic carbocycles. The van der Waals surface area contributed by atoms with Gasteiger partial charge < -0.3 is 5.32 Å². The fourth-order valence-electron chi connectivity index (χ4n) is 3.49. The van der Waals surface area contributed by atoms with Crippen LogP contribution in [0.5, 0.6) is 0 Å². The molecule has 1 amide bonds. The molecule has 168 valence electrons. The number of benzene rings is 2. The number of halogens is 4. The van der Waals surface area contributed by atoms with E-state index in [4.69, 9.17) is 11.6 Å². The minimum absolute atomic E-state index is 0.130. The Morgan fingerprint density at radius 2 is 1.90 bits per heavy atom. The maximum absolute atomic E-state index is 12.6. The maximum atomic E-state index is 12.6. The Bertz CT molecular complexity index is 1060. The summed E-state index contributed by atoms with van der Waals surface area (Å²) in [4.78, 5) is 12.6. The van der Waals surface area contributed by atoms with Crippen molar-refractivity contribution in [2.75, 3.05) is 23.7 Å². The first-order valence-corrected chi connectivity index (χ1v) is 11.5. The zero-order valence-corrected chi connectivity index (χ0v) is 18.0. The molecule has 3 rings (SSSR count). The van der Waals surface area contributed by atoms with E-state index in [1.807, 2.05) is 12.1 Å². The van der Waals surface area contributed by atoms with Crippen LogP contribution in [0, 0.1) is 0 Å². The lowest BCUT2D eigenvalue weighted by Gasteiger charge is -2.23. The standard InChI is InChI=1S/C20H20ClF3N2O4S/c1-31(28,29)26(10-11-30-20(22,23)24)16-6-2-13(3-7-16)19(27)25-18-9-4-14-12-15(21)5-8-17(14)18/h2-3,5-8,12,18H,4,9-11H2,1H3,(H,25,27)/t18-/m1/s1. The second kappa shape index (κ2) is 9.05. The fraction of sp³-hybridized carbons (Fsp3) is 0.350. The molecule has 2 aromatic rings. The second-order valence-electron chi connectivity index (χ2n) is 7.08. The first-order chi connectivity index (χ1) is 14.4. The molecule has 0 saturated carbocycles. The number of carbonyl (C=O) groups excluding carboxylic acids is 1. The van der Waals surface area contributed by atoms with Crippen molar-refractivity contribution >= 4 is 33.2 Å². The topological polar surface area (TPSA) is 75.7 Å². The van der Waals surface area contributed by atoms with E-state index >= 15 is 0 Å². The number of nitrogens with zero attached hydrogens (tertiary/aromatic N) is 1. The molecule has 11 heteroatoms. The van der Waals surface area contributed by atoms with Gasteiger partial charge >= 0.3 is 6.36 Å². The largest absolute Gasteiger partial charge is 0.522 e. The monoisotopic (exact) mass is 476 g/mol. The molecule has 0 saturated heterocycles. The summed E-state index contributed by atoms with van der Waals surface area (Å²) < 4.78 is 65.0. The van der Waals surface area contributed by atoms with Crippen LogP contribution < -0.4 is 9.62 Å². The lowest BCUT2D eigenvalue weighted by atomic mass is 10.1. The van der Waals surface area contributed by atoms with Gasteiger partial charge in [-0.15, -0.1) is 13.2 Å². The Balaban J connectivity index is 1.69. The summed E-state index contributed by atoms with van der Waals surface area (Å²) in [7, 11) is -3.85. The molecule has 0 fully saturated rings. The maximum Gasteiger partial charge on any atom is 0.522 e. The fourth-order valence-corrected chi connectivity index (χ4v) is 4.59. The van der Waals surface area contributed by atoms with Crippen LogP contribution in [0.15, 0.2) is 42.5 Å². The Morgan fingerprint density at radius 3 is 2.52 bits per heavy atom. The number of hydrogen-bond donors (Lipinski definition) is 1. The van der Waals surface area contributed by atoms with Crippen LogP contribution in [0.3, 0.4) is 0 Å². The first kappa shape index (κ1) is 23.4. The van der Waals surface area contributed by atoms with E-state index in [0.29, 0.717) is 10.6 Å². The van der Waals surface area contributed by atoms with Crippen LogP contribution in [0.25, 0.3) is 0 Å². The quantitative estimate of drug-likeness (QED) is 0.654. The zero-order chi connectivity index (χ0) is 22.8. The summed E-state index contributed by atoms with van der Waals surface area (Å²) in [6.07, 6.45) is -2.44. The molecule has 6 nitrogen and oxygen atoms in total. The number of aryl methyl sites for hydroxylation is 1. The average Bonchev–Trinajstić information content (AvgIpc) is 3.05. The third kappa shape index (κ3) is 6.11. The second-order valence-corrected chi connectivity index (χ2v) is 9.43. The molecule has 0 aliphatic heterocycles. The normalized spacial score (nSPS) is 16.1. The number of hydrogen-bond acceptors (Lipinski definition) is 4. The molecule has 0 spiro atoms. The number of amides is 1. The van der Waals surface area contributed by atoms with E-state index in [-0.39, 0.29) is 17.6 Å². The van der Waals surface area contributed by atoms with E-state index in [1.54, 1.807) is 6.07 Å². The summed E-state index contributed by atoms with van der Waals surface area (Å²) in [5.41, 5.74) is 2.51. The van der Waals surface area contributed by atoms with Crippen LogP contribution in [-0.2, 0) is 21.2 Å². The Labute approximate surface area is 183 Å². The van der Waals surface area contributed by atoms with Gasteiger partial charge in [-0.1, -0.05) is 17.7 Å². The molecule has 31 heavy (non-hydrogen) atoms. The molecule has 0 heterocycles. The number of anilines is 1. The molecule has 0 unspecified atom stereocenters. The zero-order valence-electron chi connectivity index (χ0n) is 16.4. The highest BCUT2D eigenvalue weighted by Gasteiger charge is 2.30. The van der Waals surface area contributed by atoms with Crippen molar-refractivity contribution in [1.29, 1.82) is 0 Å². The third-order valence-electron chi connectivity index (χ3n) is 4.87. The number of carbonyl (C=O) groups is 1. The van der Waals surface area contributed by atoms with Crippen LogP contribution in [0.2, 0.25) is 5.02 Å². The lowest BCUT2D eigenvalue weighted by molar-refractivity contribution is -0.323. The van der Waals surface area contributed by atoms with Crippen molar-refractivity contribution in [3.8, 4) is 0 Å². The number of sulfonamides is 1. The molecular formula is C20H20ClF3N2O4S. The predicted octanol–water partition coefficient (Wildman–Crippen LogP) is 4.06. The van der Waals surface area contributed by atoms with Crippen molar-refractivity contribution in [3.63, 3.8) is 0 Å². The Morgan fingerprint density at radius 1 is 1.23 bits per heavy atom. The van der Waals surface area contributed by atoms with Gasteiger partial charge in [-0.25, -0.2) is 8.42 Å². The van der Waals surface area contributed by atoms with E-state index < -0.39 is 29.5 Å². The van der Waals surface area contributed by atoms with Crippen molar-refractivity contribution in [3.05, 3.63) is 64.2 Å². The molecular weight excluding hydrogens is 457 g/mol. The molecule has 0 radical (unpaired) electrons. The number of nitrogens with one attached hydrogen (secondary N) is 1. The summed E-state index contributed by atoms with van der Waals surface area (Å²) in [5, 5.41) is 3.58. The Hall–Kier alpha value is -2.30. The van der Waals surface area contributed by atoms with Crippen molar-refractivity contribution < 1.29 is 31.1 Å². The summed E-state index contributed by atoms with van der Waals surface area (Å²) in [5.74, 6) is -0.342. The van der Waals surface area contributed by atoms with E-state index in [2.05, 4.69) is 10.1 Å². The molecule has 0 aromatic heterocycles. The highest BCUT2D eigenvalue weighted by atomic mass is 35.5. The van der Waals surface area contributed by atoms with Crippen LogP contribution >= 0.6 is 11.6 Å². The van der Waals surface area contributed by atoms with E-state index in [0.717, 1.165) is 34.5 Å². The SMILES string of the molecule is CS(=O)(=O)N(CCOC(F)(F)F)c1ccc(C(=O)N[C@@H]2CCc3cc(Cl)ccc32)cc1. The van der Waals surface area contributed by atoms with Crippen LogP contribution in [-0.4, -0.2) is 40.1 Å². The van der Waals surface area contributed by atoms with Crippen molar-refractivity contribution in [2.45, 2.75) is 25.2 Å². The minimum atomic E-state index is -4.85. The summed E-state index contributed by atoms with van der Waals surface area (Å²) >= 11 is 6.00. The van der Waals surface area contributed by atoms with Crippen LogP contribution in [0.4, 0.5) is 18.9 Å². The molecule has 1 N–H and O–H groups in total. The number of fused-ring (bicyclic) bond motifs is 1. The summed E-state index contributed by atoms with van der Waals surface area (Å²) in [6, 6.07) is 10.9. The van der Waals surface area contributed by atoms with Gasteiger partial charge in [0.15, 0.2) is 0 Å². The highest BCUT2D eigenvalue weighted by molar-refractivity contribution is 7.92.